The zero-order chi connectivity index (χ0) is 15.7. The maximum atomic E-state index is 11.6. The van der Waals surface area contributed by atoms with Crippen LogP contribution in [0.3, 0.4) is 0 Å². The summed E-state index contributed by atoms with van der Waals surface area (Å²) in [6.45, 7) is 6.92. The third-order valence-electron chi connectivity index (χ3n) is 2.67. The molecule has 0 aromatic heterocycles. The van der Waals surface area contributed by atoms with Crippen molar-refractivity contribution in [2.45, 2.75) is 27.2 Å². The molecular weight excluding hydrogens is 270 g/mol. The molecule has 1 rings (SSSR count). The highest BCUT2D eigenvalue weighted by atomic mass is 16.5. The van der Waals surface area contributed by atoms with Gasteiger partial charge in [-0.05, 0) is 43.5 Å². The van der Waals surface area contributed by atoms with Crippen LogP contribution in [0.5, 0.6) is 0 Å². The molecule has 1 aromatic carbocycles. The van der Waals surface area contributed by atoms with E-state index in [1.54, 1.807) is 31.2 Å². The molecule has 6 nitrogen and oxygen atoms in total. The largest absolute Gasteiger partial charge is 0.450 e. The van der Waals surface area contributed by atoms with Crippen molar-refractivity contribution in [3.63, 3.8) is 0 Å². The van der Waals surface area contributed by atoms with Crippen molar-refractivity contribution in [2.75, 3.05) is 23.8 Å². The van der Waals surface area contributed by atoms with Gasteiger partial charge in [0.15, 0.2) is 0 Å². The van der Waals surface area contributed by atoms with Gasteiger partial charge in [-0.1, -0.05) is 13.8 Å². The van der Waals surface area contributed by atoms with Crippen LogP contribution < -0.4 is 16.0 Å². The molecule has 0 unspecified atom stereocenters. The molecule has 0 spiro atoms. The van der Waals surface area contributed by atoms with Gasteiger partial charge in [0, 0.05) is 17.9 Å². The Morgan fingerprint density at radius 3 is 2.19 bits per heavy atom. The maximum Gasteiger partial charge on any atom is 0.411 e. The van der Waals surface area contributed by atoms with Gasteiger partial charge in [0.25, 0.3) is 0 Å². The monoisotopic (exact) mass is 293 g/mol. The van der Waals surface area contributed by atoms with Crippen molar-refractivity contribution >= 4 is 23.5 Å². The van der Waals surface area contributed by atoms with Crippen LogP contribution in [0.4, 0.5) is 21.0 Å². The van der Waals surface area contributed by atoms with Crippen molar-refractivity contribution in [1.82, 2.24) is 5.32 Å². The SMILES string of the molecule is CCOC(=O)Nc1ccc(NC(=O)NCCC(C)C)cc1. The average Bonchev–Trinajstić information content (AvgIpc) is 2.41. The van der Waals surface area contributed by atoms with Crippen molar-refractivity contribution in [3.05, 3.63) is 24.3 Å². The van der Waals surface area contributed by atoms with E-state index in [0.29, 0.717) is 30.4 Å². The molecular formula is C15H23N3O3. The minimum absolute atomic E-state index is 0.234. The van der Waals surface area contributed by atoms with Gasteiger partial charge in [-0.15, -0.1) is 0 Å². The predicted molar refractivity (Wildman–Crippen MR) is 83.6 cm³/mol. The molecule has 3 amide bonds. The number of amides is 3. The number of ether oxygens (including phenoxy) is 1. The van der Waals surface area contributed by atoms with Gasteiger partial charge in [-0.2, -0.15) is 0 Å². The Hall–Kier alpha value is -2.24. The first-order valence-electron chi connectivity index (χ1n) is 7.10. The van der Waals surface area contributed by atoms with Gasteiger partial charge >= 0.3 is 12.1 Å². The summed E-state index contributed by atoms with van der Waals surface area (Å²) in [5, 5.41) is 8.09. The number of nitrogens with one attached hydrogen (secondary N) is 3. The van der Waals surface area contributed by atoms with Crippen LogP contribution in [-0.4, -0.2) is 25.3 Å². The van der Waals surface area contributed by atoms with Crippen molar-refractivity contribution in [1.29, 1.82) is 0 Å². The second-order valence-electron chi connectivity index (χ2n) is 4.99. The van der Waals surface area contributed by atoms with E-state index >= 15 is 0 Å². The molecule has 1 aromatic rings. The van der Waals surface area contributed by atoms with Crippen molar-refractivity contribution in [2.24, 2.45) is 5.92 Å². The third kappa shape index (κ3) is 7.20. The number of hydrogen-bond donors (Lipinski definition) is 3. The number of carbonyl (C=O) groups is 2. The molecule has 116 valence electrons. The topological polar surface area (TPSA) is 79.5 Å². The summed E-state index contributed by atoms with van der Waals surface area (Å²) in [6, 6.07) is 6.58. The van der Waals surface area contributed by atoms with E-state index in [0.717, 1.165) is 6.42 Å². The molecule has 3 N–H and O–H groups in total. The lowest BCUT2D eigenvalue weighted by atomic mass is 10.1. The smallest absolute Gasteiger partial charge is 0.411 e. The van der Waals surface area contributed by atoms with Crippen LogP contribution in [0, 0.1) is 5.92 Å². The second kappa shape index (κ2) is 8.84. The first kappa shape index (κ1) is 16.8. The Labute approximate surface area is 125 Å². The number of benzene rings is 1. The zero-order valence-electron chi connectivity index (χ0n) is 12.7. The summed E-state index contributed by atoms with van der Waals surface area (Å²) in [5.41, 5.74) is 1.27. The molecule has 0 saturated heterocycles. The number of hydrogen-bond acceptors (Lipinski definition) is 3. The lowest BCUT2D eigenvalue weighted by Gasteiger charge is -2.10. The predicted octanol–water partition coefficient (Wildman–Crippen LogP) is 3.42. The van der Waals surface area contributed by atoms with Gasteiger partial charge in [0.2, 0.25) is 0 Å². The molecule has 0 bridgehead atoms. The van der Waals surface area contributed by atoms with E-state index < -0.39 is 6.09 Å². The first-order chi connectivity index (χ1) is 10.0. The number of urea groups is 1. The van der Waals surface area contributed by atoms with Gasteiger partial charge < -0.3 is 15.4 Å². The molecule has 0 atom stereocenters. The van der Waals surface area contributed by atoms with Gasteiger partial charge in [0.05, 0.1) is 6.61 Å². The molecule has 0 heterocycles. The van der Waals surface area contributed by atoms with E-state index in [1.807, 2.05) is 0 Å². The molecule has 0 fully saturated rings. The fourth-order valence-corrected chi connectivity index (χ4v) is 1.57. The molecule has 6 heteroatoms. The number of anilines is 2. The maximum absolute atomic E-state index is 11.6. The van der Waals surface area contributed by atoms with E-state index in [2.05, 4.69) is 29.8 Å². The fraction of sp³-hybridized carbons (Fsp3) is 0.467. The number of rotatable bonds is 6. The lowest BCUT2D eigenvalue weighted by molar-refractivity contribution is 0.168. The van der Waals surface area contributed by atoms with Crippen LogP contribution in [0.2, 0.25) is 0 Å². The molecule has 0 aliphatic rings. The van der Waals surface area contributed by atoms with Gasteiger partial charge in [0.1, 0.15) is 0 Å². The van der Waals surface area contributed by atoms with Crippen LogP contribution in [0.25, 0.3) is 0 Å². The van der Waals surface area contributed by atoms with E-state index in [1.165, 1.54) is 0 Å². The summed E-state index contributed by atoms with van der Waals surface area (Å²) in [7, 11) is 0. The molecule has 21 heavy (non-hydrogen) atoms. The first-order valence-corrected chi connectivity index (χ1v) is 7.10. The minimum Gasteiger partial charge on any atom is -0.450 e. The van der Waals surface area contributed by atoms with E-state index in [4.69, 9.17) is 4.74 Å². The van der Waals surface area contributed by atoms with Crippen LogP contribution >= 0.6 is 0 Å². The highest BCUT2D eigenvalue weighted by molar-refractivity contribution is 5.90. The Morgan fingerprint density at radius 1 is 1.10 bits per heavy atom. The summed E-state index contributed by atoms with van der Waals surface area (Å²) in [4.78, 5) is 22.9. The van der Waals surface area contributed by atoms with E-state index in [9.17, 15) is 9.59 Å². The zero-order valence-corrected chi connectivity index (χ0v) is 12.7. The normalized spacial score (nSPS) is 10.1. The summed E-state index contributed by atoms with van der Waals surface area (Å²) < 4.78 is 4.77. The highest BCUT2D eigenvalue weighted by Crippen LogP contribution is 2.13. The lowest BCUT2D eigenvalue weighted by Crippen LogP contribution is -2.30. The van der Waals surface area contributed by atoms with Gasteiger partial charge in [-0.25, -0.2) is 9.59 Å². The standard InChI is InChI=1S/C15H23N3O3/c1-4-21-15(20)18-13-7-5-12(6-8-13)17-14(19)16-10-9-11(2)3/h5-8,11H,4,9-10H2,1-3H3,(H,18,20)(H2,16,17,19). The summed E-state index contributed by atoms with van der Waals surface area (Å²) >= 11 is 0. The Bertz CT molecular complexity index is 458. The molecule has 0 saturated carbocycles. The Kier molecular flexibility index (Phi) is 7.08. The van der Waals surface area contributed by atoms with Crippen molar-refractivity contribution < 1.29 is 14.3 Å². The van der Waals surface area contributed by atoms with Crippen LogP contribution in [-0.2, 0) is 4.74 Å². The van der Waals surface area contributed by atoms with Crippen LogP contribution in [0.15, 0.2) is 24.3 Å². The van der Waals surface area contributed by atoms with Crippen molar-refractivity contribution in [3.8, 4) is 0 Å². The van der Waals surface area contributed by atoms with Gasteiger partial charge in [-0.3, -0.25) is 5.32 Å². The summed E-state index contributed by atoms with van der Waals surface area (Å²) in [5.74, 6) is 0.554. The second-order valence-corrected chi connectivity index (χ2v) is 4.99. The molecule has 0 aliphatic heterocycles. The Morgan fingerprint density at radius 2 is 1.67 bits per heavy atom. The highest BCUT2D eigenvalue weighted by Gasteiger charge is 2.04. The minimum atomic E-state index is -0.496. The number of carbonyl (C=O) groups excluding carboxylic acids is 2. The molecule has 0 aliphatic carbocycles. The average molecular weight is 293 g/mol. The quantitative estimate of drug-likeness (QED) is 0.752. The fourth-order valence-electron chi connectivity index (χ4n) is 1.57. The molecule has 0 radical (unpaired) electrons. The van der Waals surface area contributed by atoms with E-state index in [-0.39, 0.29) is 6.03 Å². The third-order valence-corrected chi connectivity index (χ3v) is 2.67. The Balaban J connectivity index is 2.40. The van der Waals surface area contributed by atoms with Crippen LogP contribution in [0.1, 0.15) is 27.2 Å². The summed E-state index contributed by atoms with van der Waals surface area (Å²) in [6.07, 6.45) is 0.445.